The number of methoxy groups -OCH3 is 1. The lowest BCUT2D eigenvalue weighted by Gasteiger charge is -2.32. The van der Waals surface area contributed by atoms with Gasteiger partial charge in [-0.25, -0.2) is 0 Å². The van der Waals surface area contributed by atoms with E-state index in [0.717, 1.165) is 17.4 Å². The first kappa shape index (κ1) is 13.4. The average Bonchev–Trinajstić information content (AvgIpc) is 2.79. The second-order valence-corrected chi connectivity index (χ2v) is 5.45. The summed E-state index contributed by atoms with van der Waals surface area (Å²) in [5.74, 6) is 2.23. The minimum Gasteiger partial charge on any atom is -0.493 e. The lowest BCUT2D eigenvalue weighted by Crippen LogP contribution is -2.28. The van der Waals surface area contributed by atoms with Crippen LogP contribution in [-0.2, 0) is 7.05 Å². The van der Waals surface area contributed by atoms with E-state index < -0.39 is 0 Å². The molecule has 0 amide bonds. The Balaban J connectivity index is 2.14. The summed E-state index contributed by atoms with van der Waals surface area (Å²) < 4.78 is 7.23. The largest absolute Gasteiger partial charge is 0.493 e. The highest BCUT2D eigenvalue weighted by Crippen LogP contribution is 2.39. The molecular formula is C14H25N3O. The molecule has 0 aromatic carbocycles. The van der Waals surface area contributed by atoms with E-state index in [0.29, 0.717) is 5.92 Å². The molecule has 1 aromatic heterocycles. The Hall–Kier alpha value is -1.03. The number of nitrogens with zero attached hydrogens (tertiary/aromatic N) is 2. The van der Waals surface area contributed by atoms with Gasteiger partial charge in [-0.3, -0.25) is 4.68 Å². The summed E-state index contributed by atoms with van der Waals surface area (Å²) in [6.45, 7) is 2.28. The monoisotopic (exact) mass is 251 g/mol. The maximum atomic E-state index is 6.47. The van der Waals surface area contributed by atoms with Crippen LogP contribution in [0.2, 0.25) is 0 Å². The molecule has 18 heavy (non-hydrogen) atoms. The molecule has 1 aromatic rings. The molecule has 4 nitrogen and oxygen atoms in total. The van der Waals surface area contributed by atoms with Crippen LogP contribution in [-0.4, -0.2) is 16.9 Å². The zero-order valence-electron chi connectivity index (χ0n) is 11.7. The zero-order valence-corrected chi connectivity index (χ0v) is 11.7. The number of aromatic nitrogens is 2. The van der Waals surface area contributed by atoms with Crippen molar-refractivity contribution in [3.8, 4) is 5.75 Å². The summed E-state index contributed by atoms with van der Waals surface area (Å²) in [6, 6.07) is 0.0433. The third-order valence-electron chi connectivity index (χ3n) is 4.39. The van der Waals surface area contributed by atoms with Crippen LogP contribution in [0.15, 0.2) is 6.20 Å². The van der Waals surface area contributed by atoms with Crippen molar-refractivity contribution >= 4 is 0 Å². The van der Waals surface area contributed by atoms with Crippen LogP contribution in [0, 0.1) is 11.8 Å². The lowest BCUT2D eigenvalue weighted by atomic mass is 9.76. The highest BCUT2D eigenvalue weighted by molar-refractivity contribution is 5.28. The molecule has 1 aliphatic carbocycles. The molecule has 1 saturated carbocycles. The van der Waals surface area contributed by atoms with E-state index in [1.54, 1.807) is 13.3 Å². The van der Waals surface area contributed by atoms with Crippen LogP contribution < -0.4 is 10.5 Å². The van der Waals surface area contributed by atoms with Crippen molar-refractivity contribution in [1.82, 2.24) is 9.78 Å². The zero-order chi connectivity index (χ0) is 13.1. The molecule has 2 rings (SSSR count). The standard InChI is InChI=1S/C14H25N3O/c1-4-10-6-5-7-11(8-10)13(15)14-12(18-3)9-16-17(14)2/h9-11,13H,4-8,15H2,1-3H3. The van der Waals surface area contributed by atoms with E-state index in [2.05, 4.69) is 12.0 Å². The molecule has 1 fully saturated rings. The van der Waals surface area contributed by atoms with Gasteiger partial charge in [-0.1, -0.05) is 26.2 Å². The molecule has 3 atom stereocenters. The van der Waals surface area contributed by atoms with Crippen LogP contribution >= 0.6 is 0 Å². The maximum absolute atomic E-state index is 6.47. The molecule has 0 aliphatic heterocycles. The smallest absolute Gasteiger partial charge is 0.161 e. The fourth-order valence-electron chi connectivity index (χ4n) is 3.22. The molecule has 0 spiro atoms. The Labute approximate surface area is 110 Å². The van der Waals surface area contributed by atoms with Gasteiger partial charge in [0.25, 0.3) is 0 Å². The van der Waals surface area contributed by atoms with E-state index in [4.69, 9.17) is 10.5 Å². The van der Waals surface area contributed by atoms with Gasteiger partial charge in [-0.15, -0.1) is 0 Å². The molecule has 0 radical (unpaired) electrons. The van der Waals surface area contributed by atoms with Crippen molar-refractivity contribution in [3.63, 3.8) is 0 Å². The molecular weight excluding hydrogens is 226 g/mol. The summed E-state index contributed by atoms with van der Waals surface area (Å²) in [7, 11) is 3.63. The predicted molar refractivity (Wildman–Crippen MR) is 72.4 cm³/mol. The van der Waals surface area contributed by atoms with Crippen molar-refractivity contribution in [2.45, 2.75) is 45.1 Å². The van der Waals surface area contributed by atoms with Crippen molar-refractivity contribution in [2.75, 3.05) is 7.11 Å². The van der Waals surface area contributed by atoms with Gasteiger partial charge >= 0.3 is 0 Å². The van der Waals surface area contributed by atoms with Crippen LogP contribution in [0.3, 0.4) is 0 Å². The van der Waals surface area contributed by atoms with Crippen molar-refractivity contribution in [2.24, 2.45) is 24.6 Å². The minimum absolute atomic E-state index is 0.0433. The van der Waals surface area contributed by atoms with Crippen LogP contribution in [0.1, 0.15) is 50.8 Å². The average molecular weight is 251 g/mol. The number of hydrogen-bond donors (Lipinski definition) is 1. The lowest BCUT2D eigenvalue weighted by molar-refractivity contribution is 0.223. The topological polar surface area (TPSA) is 53.1 Å². The Bertz CT molecular complexity index is 388. The summed E-state index contributed by atoms with van der Waals surface area (Å²) >= 11 is 0. The van der Waals surface area contributed by atoms with Gasteiger partial charge in [0, 0.05) is 7.05 Å². The second-order valence-electron chi connectivity index (χ2n) is 5.45. The Kier molecular flexibility index (Phi) is 4.27. The van der Waals surface area contributed by atoms with Crippen molar-refractivity contribution < 1.29 is 4.74 Å². The number of aryl methyl sites for hydroxylation is 1. The van der Waals surface area contributed by atoms with Crippen molar-refractivity contribution in [1.29, 1.82) is 0 Å². The summed E-state index contributed by atoms with van der Waals surface area (Å²) in [6.07, 6.45) is 8.17. The summed E-state index contributed by atoms with van der Waals surface area (Å²) in [5.41, 5.74) is 7.51. The highest BCUT2D eigenvalue weighted by Gasteiger charge is 2.30. The second kappa shape index (κ2) is 5.74. The Morgan fingerprint density at radius 3 is 3.00 bits per heavy atom. The van der Waals surface area contributed by atoms with Gasteiger partial charge in [-0.05, 0) is 24.7 Å². The van der Waals surface area contributed by atoms with Gasteiger partial charge in [0.1, 0.15) is 0 Å². The first-order valence-corrected chi connectivity index (χ1v) is 6.98. The van der Waals surface area contributed by atoms with Gasteiger partial charge in [0.05, 0.1) is 25.0 Å². The molecule has 3 unspecified atom stereocenters. The van der Waals surface area contributed by atoms with E-state index in [1.165, 1.54) is 32.1 Å². The maximum Gasteiger partial charge on any atom is 0.161 e. The number of ether oxygens (including phenoxy) is 1. The predicted octanol–water partition coefficient (Wildman–Crippen LogP) is 2.64. The third-order valence-corrected chi connectivity index (χ3v) is 4.39. The van der Waals surface area contributed by atoms with Gasteiger partial charge in [0.15, 0.2) is 5.75 Å². The molecule has 0 saturated heterocycles. The molecule has 4 heteroatoms. The number of nitrogens with two attached hydrogens (primary N) is 1. The van der Waals surface area contributed by atoms with Crippen molar-refractivity contribution in [3.05, 3.63) is 11.9 Å². The normalized spacial score (nSPS) is 26.0. The van der Waals surface area contributed by atoms with E-state index in [1.807, 2.05) is 11.7 Å². The van der Waals surface area contributed by atoms with Gasteiger partial charge < -0.3 is 10.5 Å². The van der Waals surface area contributed by atoms with Gasteiger partial charge in [0.2, 0.25) is 0 Å². The minimum atomic E-state index is 0.0433. The number of rotatable bonds is 4. The van der Waals surface area contributed by atoms with Gasteiger partial charge in [-0.2, -0.15) is 5.10 Å². The number of hydrogen-bond acceptors (Lipinski definition) is 3. The van der Waals surface area contributed by atoms with E-state index in [9.17, 15) is 0 Å². The molecule has 102 valence electrons. The van der Waals surface area contributed by atoms with Crippen LogP contribution in [0.5, 0.6) is 5.75 Å². The first-order valence-electron chi connectivity index (χ1n) is 6.98. The van der Waals surface area contributed by atoms with Crippen LogP contribution in [0.4, 0.5) is 0 Å². The van der Waals surface area contributed by atoms with Crippen LogP contribution in [0.25, 0.3) is 0 Å². The first-order chi connectivity index (χ1) is 8.67. The summed E-state index contributed by atoms with van der Waals surface area (Å²) in [4.78, 5) is 0. The quantitative estimate of drug-likeness (QED) is 0.895. The SMILES string of the molecule is CCC1CCCC(C(N)c2c(OC)cnn2C)C1. The fraction of sp³-hybridized carbons (Fsp3) is 0.786. The molecule has 1 aliphatic rings. The molecule has 2 N–H and O–H groups in total. The third kappa shape index (κ3) is 2.53. The molecule has 0 bridgehead atoms. The van der Waals surface area contributed by atoms with E-state index >= 15 is 0 Å². The summed E-state index contributed by atoms with van der Waals surface area (Å²) in [5, 5.41) is 4.25. The Morgan fingerprint density at radius 2 is 2.33 bits per heavy atom. The fourth-order valence-corrected chi connectivity index (χ4v) is 3.22. The highest BCUT2D eigenvalue weighted by atomic mass is 16.5. The molecule has 1 heterocycles. The van der Waals surface area contributed by atoms with E-state index in [-0.39, 0.29) is 6.04 Å². The Morgan fingerprint density at radius 1 is 1.56 bits per heavy atom.